The highest BCUT2D eigenvalue weighted by Crippen LogP contribution is 2.10. The summed E-state index contributed by atoms with van der Waals surface area (Å²) in [4.78, 5) is 0. The van der Waals surface area contributed by atoms with Gasteiger partial charge in [0.15, 0.2) is 0 Å². The van der Waals surface area contributed by atoms with Crippen molar-refractivity contribution >= 4 is 10.8 Å². The fraction of sp³-hybridized carbons (Fsp3) is 0.667. The van der Waals surface area contributed by atoms with Crippen LogP contribution in [0.25, 0.3) is 0 Å². The van der Waals surface area contributed by atoms with Gasteiger partial charge in [-0.05, 0) is 26.2 Å². The summed E-state index contributed by atoms with van der Waals surface area (Å²) in [5, 5.41) is 1.47. The summed E-state index contributed by atoms with van der Waals surface area (Å²) in [5.74, 6) is 0. The minimum atomic E-state index is -0.880. The van der Waals surface area contributed by atoms with Gasteiger partial charge in [0, 0.05) is 4.75 Å². The molecule has 0 saturated carbocycles. The topological polar surface area (TPSA) is 17.1 Å². The Morgan fingerprint density at radius 3 is 1.88 bits per heavy atom. The summed E-state index contributed by atoms with van der Waals surface area (Å²) in [6, 6.07) is 0. The van der Waals surface area contributed by atoms with Crippen molar-refractivity contribution in [3.63, 3.8) is 0 Å². The lowest BCUT2D eigenvalue weighted by Gasteiger charge is -2.13. The normalized spacial score (nSPS) is 15.4. The molecule has 0 aliphatic heterocycles. The molecular weight excluding hydrogens is 120 g/mol. The van der Waals surface area contributed by atoms with E-state index in [2.05, 4.69) is 6.58 Å². The molecule has 0 saturated heterocycles. The molecule has 0 heterocycles. The van der Waals surface area contributed by atoms with Gasteiger partial charge in [0.2, 0.25) is 0 Å². The van der Waals surface area contributed by atoms with Crippen LogP contribution in [0.4, 0.5) is 0 Å². The van der Waals surface area contributed by atoms with E-state index in [9.17, 15) is 4.21 Å². The van der Waals surface area contributed by atoms with Gasteiger partial charge in [-0.25, -0.2) is 0 Å². The van der Waals surface area contributed by atoms with E-state index in [0.29, 0.717) is 0 Å². The molecule has 0 bridgehead atoms. The Bertz CT molecular complexity index is 110. The van der Waals surface area contributed by atoms with Gasteiger partial charge < -0.3 is 0 Å². The van der Waals surface area contributed by atoms with Crippen LogP contribution in [-0.2, 0) is 10.8 Å². The molecule has 8 heavy (non-hydrogen) atoms. The van der Waals surface area contributed by atoms with Crippen LogP contribution in [0, 0.1) is 0 Å². The standard InChI is InChI=1S/C6H12OS/c1-5-8(7)6(2,3)4/h5H,1H2,2-4H3/t8-/m0/s1. The van der Waals surface area contributed by atoms with Crippen molar-refractivity contribution in [2.45, 2.75) is 25.5 Å². The smallest absolute Gasteiger partial charge is 0.0504 e. The predicted octanol–water partition coefficient (Wildman–Crippen LogP) is 1.68. The van der Waals surface area contributed by atoms with Crippen molar-refractivity contribution in [2.24, 2.45) is 0 Å². The van der Waals surface area contributed by atoms with Crippen LogP contribution in [-0.4, -0.2) is 8.96 Å². The molecule has 0 fully saturated rings. The van der Waals surface area contributed by atoms with E-state index in [1.807, 2.05) is 20.8 Å². The average Bonchev–Trinajstić information content (AvgIpc) is 1.62. The van der Waals surface area contributed by atoms with Crippen LogP contribution in [0.2, 0.25) is 0 Å². The number of hydrogen-bond acceptors (Lipinski definition) is 1. The van der Waals surface area contributed by atoms with Crippen LogP contribution < -0.4 is 0 Å². The van der Waals surface area contributed by atoms with Crippen LogP contribution in [0.1, 0.15) is 20.8 Å². The van der Waals surface area contributed by atoms with Crippen molar-refractivity contribution < 1.29 is 4.21 Å². The van der Waals surface area contributed by atoms with E-state index in [4.69, 9.17) is 0 Å². The molecule has 0 N–H and O–H groups in total. The second-order valence-corrected chi connectivity index (χ2v) is 4.73. The monoisotopic (exact) mass is 132 g/mol. The van der Waals surface area contributed by atoms with E-state index in [1.165, 1.54) is 5.41 Å². The maximum absolute atomic E-state index is 10.8. The molecule has 48 valence electrons. The zero-order valence-corrected chi connectivity index (χ0v) is 6.42. The molecule has 0 rings (SSSR count). The first kappa shape index (κ1) is 7.89. The minimum absolute atomic E-state index is 0.137. The zero-order valence-electron chi connectivity index (χ0n) is 5.60. The second kappa shape index (κ2) is 2.44. The van der Waals surface area contributed by atoms with Crippen molar-refractivity contribution in [1.82, 2.24) is 0 Å². The first-order valence-electron chi connectivity index (χ1n) is 2.51. The van der Waals surface area contributed by atoms with Gasteiger partial charge >= 0.3 is 0 Å². The summed E-state index contributed by atoms with van der Waals surface area (Å²) >= 11 is 0. The Kier molecular flexibility index (Phi) is 2.41. The third-order valence-corrected chi connectivity index (χ3v) is 2.26. The third kappa shape index (κ3) is 2.26. The molecule has 0 unspecified atom stereocenters. The largest absolute Gasteiger partial charge is 0.254 e. The highest BCUT2D eigenvalue weighted by molar-refractivity contribution is 7.89. The number of hydrogen-bond donors (Lipinski definition) is 0. The highest BCUT2D eigenvalue weighted by Gasteiger charge is 2.15. The van der Waals surface area contributed by atoms with Gasteiger partial charge in [0.25, 0.3) is 0 Å². The molecule has 0 aliphatic carbocycles. The highest BCUT2D eigenvalue weighted by atomic mass is 32.2. The molecule has 0 amide bonds. The predicted molar refractivity (Wildman–Crippen MR) is 38.1 cm³/mol. The zero-order chi connectivity index (χ0) is 6.78. The molecule has 0 aromatic heterocycles. The lowest BCUT2D eigenvalue weighted by molar-refractivity contribution is 0.656. The SMILES string of the molecule is C=C[S@](=O)C(C)(C)C. The molecule has 1 atom stereocenters. The van der Waals surface area contributed by atoms with Gasteiger partial charge in [0.05, 0.1) is 10.8 Å². The summed E-state index contributed by atoms with van der Waals surface area (Å²) < 4.78 is 10.7. The molecule has 1 nitrogen and oxygen atoms in total. The van der Waals surface area contributed by atoms with Crippen molar-refractivity contribution in [1.29, 1.82) is 0 Å². The summed E-state index contributed by atoms with van der Waals surface area (Å²) in [6.45, 7) is 9.19. The Hall–Kier alpha value is -0.110. The van der Waals surface area contributed by atoms with Crippen molar-refractivity contribution in [3.8, 4) is 0 Å². The summed E-state index contributed by atoms with van der Waals surface area (Å²) in [7, 11) is -0.880. The lowest BCUT2D eigenvalue weighted by atomic mass is 10.3. The van der Waals surface area contributed by atoms with Crippen molar-refractivity contribution in [3.05, 3.63) is 12.0 Å². The Morgan fingerprint density at radius 1 is 1.50 bits per heavy atom. The first-order chi connectivity index (χ1) is 3.48. The summed E-state index contributed by atoms with van der Waals surface area (Å²) in [6.07, 6.45) is 0. The van der Waals surface area contributed by atoms with E-state index in [0.717, 1.165) is 0 Å². The molecule has 2 heteroatoms. The van der Waals surface area contributed by atoms with E-state index in [-0.39, 0.29) is 4.75 Å². The maximum atomic E-state index is 10.8. The van der Waals surface area contributed by atoms with Gasteiger partial charge in [-0.3, -0.25) is 4.21 Å². The van der Waals surface area contributed by atoms with Gasteiger partial charge in [-0.2, -0.15) is 0 Å². The molecule has 0 spiro atoms. The quantitative estimate of drug-likeness (QED) is 0.530. The number of rotatable bonds is 1. The average molecular weight is 132 g/mol. The van der Waals surface area contributed by atoms with Crippen molar-refractivity contribution in [2.75, 3.05) is 0 Å². The minimum Gasteiger partial charge on any atom is -0.254 e. The maximum Gasteiger partial charge on any atom is 0.0504 e. The van der Waals surface area contributed by atoms with Gasteiger partial charge in [-0.1, -0.05) is 6.58 Å². The van der Waals surface area contributed by atoms with Crippen LogP contribution in [0.5, 0.6) is 0 Å². The molecule has 0 radical (unpaired) electrons. The Morgan fingerprint density at radius 2 is 1.88 bits per heavy atom. The fourth-order valence-corrected chi connectivity index (χ4v) is 0.750. The molecule has 0 aromatic rings. The molecule has 0 aliphatic rings. The Balaban J connectivity index is 4.02. The molecule has 0 aromatic carbocycles. The third-order valence-electron chi connectivity index (χ3n) is 0.755. The van der Waals surface area contributed by atoms with Gasteiger partial charge in [0.1, 0.15) is 0 Å². The van der Waals surface area contributed by atoms with E-state index >= 15 is 0 Å². The first-order valence-corrected chi connectivity index (χ1v) is 3.73. The Labute approximate surface area is 53.2 Å². The van der Waals surface area contributed by atoms with Crippen LogP contribution in [0.15, 0.2) is 12.0 Å². The van der Waals surface area contributed by atoms with E-state index in [1.54, 1.807) is 0 Å². The fourth-order valence-electron chi connectivity index (χ4n) is 0.250. The second-order valence-electron chi connectivity index (χ2n) is 2.58. The lowest BCUT2D eigenvalue weighted by Crippen LogP contribution is -2.18. The summed E-state index contributed by atoms with van der Waals surface area (Å²) in [5.41, 5.74) is 0. The van der Waals surface area contributed by atoms with Crippen LogP contribution >= 0.6 is 0 Å². The van der Waals surface area contributed by atoms with Gasteiger partial charge in [-0.15, -0.1) is 0 Å². The van der Waals surface area contributed by atoms with Crippen LogP contribution in [0.3, 0.4) is 0 Å². The van der Waals surface area contributed by atoms with E-state index < -0.39 is 10.8 Å². The molecular formula is C6H12OS.